The minimum atomic E-state index is -0.750. The summed E-state index contributed by atoms with van der Waals surface area (Å²) in [6.07, 6.45) is 0.699. The van der Waals surface area contributed by atoms with Crippen LogP contribution in [0, 0.1) is 6.92 Å². The van der Waals surface area contributed by atoms with Gasteiger partial charge in [-0.25, -0.2) is 0 Å². The third kappa shape index (κ3) is 4.62. The second-order valence-corrected chi connectivity index (χ2v) is 9.23. The summed E-state index contributed by atoms with van der Waals surface area (Å²) in [6, 6.07) is 13.8. The van der Waals surface area contributed by atoms with E-state index in [1.807, 2.05) is 37.3 Å². The van der Waals surface area contributed by atoms with Crippen LogP contribution in [0.5, 0.6) is 5.75 Å². The van der Waals surface area contributed by atoms with E-state index in [0.717, 1.165) is 30.6 Å². The van der Waals surface area contributed by atoms with E-state index in [9.17, 15) is 14.7 Å². The molecule has 0 bridgehead atoms. The van der Waals surface area contributed by atoms with Crippen LogP contribution in [0.3, 0.4) is 0 Å². The Kier molecular flexibility index (Phi) is 6.80. The number of hydrogen-bond donors (Lipinski definition) is 1. The second kappa shape index (κ2) is 10.2. The van der Waals surface area contributed by atoms with Crippen molar-refractivity contribution in [3.63, 3.8) is 0 Å². The summed E-state index contributed by atoms with van der Waals surface area (Å²) in [6.45, 7) is 6.26. The number of carbonyl (C=O) groups is 2. The SMILES string of the molecule is COc1cccc(C2C(C(=O)c3cc4cc(C)ccc4o3)=C(O)C(=O)N2CCCN2CCOCC2)c1. The van der Waals surface area contributed by atoms with Crippen molar-refractivity contribution in [3.8, 4) is 5.75 Å². The van der Waals surface area contributed by atoms with E-state index >= 15 is 0 Å². The van der Waals surface area contributed by atoms with Crippen LogP contribution < -0.4 is 4.74 Å². The molecule has 188 valence electrons. The van der Waals surface area contributed by atoms with Crippen LogP contribution in [-0.2, 0) is 9.53 Å². The zero-order valence-electron chi connectivity index (χ0n) is 20.5. The van der Waals surface area contributed by atoms with E-state index in [2.05, 4.69) is 4.90 Å². The maximum Gasteiger partial charge on any atom is 0.290 e. The number of Topliss-reactive ketones (excluding diaryl/α,β-unsaturated/α-hetero) is 1. The highest BCUT2D eigenvalue weighted by molar-refractivity contribution is 6.16. The van der Waals surface area contributed by atoms with Gasteiger partial charge in [-0.05, 0) is 49.2 Å². The summed E-state index contributed by atoms with van der Waals surface area (Å²) in [5.41, 5.74) is 2.33. The average Bonchev–Trinajstić information content (AvgIpc) is 3.43. The molecule has 0 aliphatic carbocycles. The first kappa shape index (κ1) is 24.1. The van der Waals surface area contributed by atoms with Crippen molar-refractivity contribution in [2.75, 3.05) is 46.5 Å². The number of carbonyl (C=O) groups excluding carboxylic acids is 2. The molecule has 2 aromatic carbocycles. The van der Waals surface area contributed by atoms with Gasteiger partial charge < -0.3 is 23.9 Å². The Labute approximate surface area is 209 Å². The fraction of sp³-hybridized carbons (Fsp3) is 0.357. The number of nitrogens with zero attached hydrogens (tertiary/aromatic N) is 2. The van der Waals surface area contributed by atoms with E-state index < -0.39 is 23.5 Å². The lowest BCUT2D eigenvalue weighted by Gasteiger charge is -2.30. The summed E-state index contributed by atoms with van der Waals surface area (Å²) >= 11 is 0. The van der Waals surface area contributed by atoms with Crippen LogP contribution in [0.1, 0.15) is 34.1 Å². The van der Waals surface area contributed by atoms with Crippen molar-refractivity contribution in [1.29, 1.82) is 0 Å². The van der Waals surface area contributed by atoms with E-state index in [0.29, 0.717) is 43.1 Å². The van der Waals surface area contributed by atoms with Crippen LogP contribution in [0.4, 0.5) is 0 Å². The number of methoxy groups -OCH3 is 1. The van der Waals surface area contributed by atoms with Crippen molar-refractivity contribution in [1.82, 2.24) is 9.80 Å². The Hall–Kier alpha value is -3.62. The lowest BCUT2D eigenvalue weighted by molar-refractivity contribution is -0.129. The summed E-state index contributed by atoms with van der Waals surface area (Å²) in [5.74, 6) is -0.896. The van der Waals surface area contributed by atoms with Gasteiger partial charge in [0.2, 0.25) is 5.78 Å². The standard InChI is InChI=1S/C28H30N2O6/c1-18-7-8-22-20(15-18)17-23(36-22)26(31)24-25(19-5-3-6-21(16-19)34-2)30(28(33)27(24)32)10-4-9-29-11-13-35-14-12-29/h3,5-8,15-17,25,32H,4,9-14H2,1-2H3. The molecule has 5 rings (SSSR count). The number of aliphatic hydroxyl groups is 1. The van der Waals surface area contributed by atoms with Crippen molar-refractivity contribution in [2.24, 2.45) is 0 Å². The number of morpholine rings is 1. The molecule has 0 radical (unpaired) electrons. The molecule has 1 atom stereocenters. The van der Waals surface area contributed by atoms with Crippen molar-refractivity contribution in [3.05, 3.63) is 76.8 Å². The minimum Gasteiger partial charge on any atom is -0.503 e. The number of amides is 1. The number of ketones is 1. The zero-order chi connectivity index (χ0) is 25.2. The number of ether oxygens (including phenoxy) is 2. The first-order valence-corrected chi connectivity index (χ1v) is 12.2. The van der Waals surface area contributed by atoms with Gasteiger partial charge in [0.1, 0.15) is 11.3 Å². The molecule has 1 aromatic heterocycles. The van der Waals surface area contributed by atoms with Crippen molar-refractivity contribution < 1.29 is 28.6 Å². The van der Waals surface area contributed by atoms with Gasteiger partial charge in [-0.3, -0.25) is 14.5 Å². The van der Waals surface area contributed by atoms with Gasteiger partial charge in [0, 0.05) is 31.6 Å². The third-order valence-electron chi connectivity index (χ3n) is 6.83. The minimum absolute atomic E-state index is 0.0235. The molecular formula is C28H30N2O6. The molecule has 36 heavy (non-hydrogen) atoms. The number of furan rings is 1. The van der Waals surface area contributed by atoms with Crippen LogP contribution in [-0.4, -0.2) is 73.1 Å². The van der Waals surface area contributed by atoms with Crippen molar-refractivity contribution >= 4 is 22.7 Å². The fourth-order valence-corrected chi connectivity index (χ4v) is 4.97. The van der Waals surface area contributed by atoms with Gasteiger partial charge in [0.25, 0.3) is 5.91 Å². The number of aryl methyl sites for hydroxylation is 1. The normalized spacial score (nSPS) is 18.9. The maximum absolute atomic E-state index is 13.7. The van der Waals surface area contributed by atoms with Crippen molar-refractivity contribution in [2.45, 2.75) is 19.4 Å². The van der Waals surface area contributed by atoms with E-state index in [1.165, 1.54) is 0 Å². The highest BCUT2D eigenvalue weighted by atomic mass is 16.5. The molecule has 3 aromatic rings. The van der Waals surface area contributed by atoms with Crippen LogP contribution in [0.15, 0.2) is 64.3 Å². The topological polar surface area (TPSA) is 92.5 Å². The predicted octanol–water partition coefficient (Wildman–Crippen LogP) is 4.05. The number of hydrogen-bond acceptors (Lipinski definition) is 7. The monoisotopic (exact) mass is 490 g/mol. The van der Waals surface area contributed by atoms with E-state index in [-0.39, 0.29) is 11.3 Å². The lowest BCUT2D eigenvalue weighted by Crippen LogP contribution is -2.39. The largest absolute Gasteiger partial charge is 0.503 e. The molecule has 0 spiro atoms. The fourth-order valence-electron chi connectivity index (χ4n) is 4.97. The van der Waals surface area contributed by atoms with Gasteiger partial charge in [-0.1, -0.05) is 23.8 Å². The van der Waals surface area contributed by atoms with Gasteiger partial charge in [0.05, 0.1) is 31.9 Å². The Morgan fingerprint density at radius 3 is 2.69 bits per heavy atom. The first-order chi connectivity index (χ1) is 17.5. The second-order valence-electron chi connectivity index (χ2n) is 9.23. The highest BCUT2D eigenvalue weighted by Crippen LogP contribution is 2.40. The average molecular weight is 491 g/mol. The van der Waals surface area contributed by atoms with Gasteiger partial charge in [0.15, 0.2) is 11.5 Å². The van der Waals surface area contributed by atoms with Crippen LogP contribution >= 0.6 is 0 Å². The summed E-state index contributed by atoms with van der Waals surface area (Å²) < 4.78 is 16.6. The van der Waals surface area contributed by atoms with Gasteiger partial charge in [-0.15, -0.1) is 0 Å². The zero-order valence-corrected chi connectivity index (χ0v) is 20.5. The molecule has 1 unspecified atom stereocenters. The molecule has 1 saturated heterocycles. The molecule has 1 fully saturated rings. The smallest absolute Gasteiger partial charge is 0.290 e. The van der Waals surface area contributed by atoms with E-state index in [4.69, 9.17) is 13.9 Å². The third-order valence-corrected chi connectivity index (χ3v) is 6.83. The Morgan fingerprint density at radius 1 is 1.11 bits per heavy atom. The molecule has 1 N–H and O–H groups in total. The molecule has 3 heterocycles. The first-order valence-electron chi connectivity index (χ1n) is 12.2. The quantitative estimate of drug-likeness (QED) is 0.476. The Morgan fingerprint density at radius 2 is 1.92 bits per heavy atom. The number of fused-ring (bicyclic) bond motifs is 1. The molecular weight excluding hydrogens is 460 g/mol. The predicted molar refractivity (Wildman–Crippen MR) is 134 cm³/mol. The Balaban J connectivity index is 1.47. The molecule has 1 amide bonds. The Bertz CT molecular complexity index is 1320. The summed E-state index contributed by atoms with van der Waals surface area (Å²) in [4.78, 5) is 30.8. The lowest BCUT2D eigenvalue weighted by atomic mass is 9.94. The van der Waals surface area contributed by atoms with Crippen LogP contribution in [0.25, 0.3) is 11.0 Å². The maximum atomic E-state index is 13.7. The summed E-state index contributed by atoms with van der Waals surface area (Å²) in [7, 11) is 1.56. The highest BCUT2D eigenvalue weighted by Gasteiger charge is 2.44. The van der Waals surface area contributed by atoms with Gasteiger partial charge in [-0.2, -0.15) is 0 Å². The number of rotatable bonds is 8. The van der Waals surface area contributed by atoms with Crippen LogP contribution in [0.2, 0.25) is 0 Å². The number of benzene rings is 2. The molecule has 8 heteroatoms. The molecule has 2 aliphatic rings. The molecule has 0 saturated carbocycles. The van der Waals surface area contributed by atoms with E-state index in [1.54, 1.807) is 30.2 Å². The number of aliphatic hydroxyl groups excluding tert-OH is 1. The molecule has 2 aliphatic heterocycles. The summed E-state index contributed by atoms with van der Waals surface area (Å²) in [5, 5.41) is 11.7. The molecule has 8 nitrogen and oxygen atoms in total. The van der Waals surface area contributed by atoms with Gasteiger partial charge >= 0.3 is 0 Å².